The third-order valence-corrected chi connectivity index (χ3v) is 7.21. The first-order valence-electron chi connectivity index (χ1n) is 11.9. The third-order valence-electron chi connectivity index (χ3n) is 7.21. The normalized spacial score (nSPS) is 18.7. The third kappa shape index (κ3) is 3.95. The second kappa shape index (κ2) is 8.77. The van der Waals surface area contributed by atoms with E-state index in [9.17, 15) is 27.6 Å². The molecular formula is C26H22F3N5O3. The van der Waals surface area contributed by atoms with Crippen LogP contribution in [-0.4, -0.2) is 39.3 Å². The van der Waals surface area contributed by atoms with Gasteiger partial charge in [0, 0.05) is 42.6 Å². The molecule has 2 fully saturated rings. The Labute approximate surface area is 207 Å². The van der Waals surface area contributed by atoms with E-state index in [1.807, 2.05) is 6.07 Å². The molecule has 2 atom stereocenters. The standard InChI is InChI=1S/C26H22F3N5O3/c27-20-6-14(7-21(28)23(20)29)11-33-22-9-17(32-13-16-8-18(32)10-31-16)3-4-19(22)25(36)34(26(33)37)12-15-2-1-5-30-24(15)35/h1-7,9,16,18,31H,8,10-13H2,(H,30,35)/t16-,18-/m0/s1. The number of fused-ring (bicyclic) bond motifs is 3. The van der Waals surface area contributed by atoms with Gasteiger partial charge in [0.05, 0.1) is 24.0 Å². The van der Waals surface area contributed by atoms with Crippen LogP contribution in [0.1, 0.15) is 17.5 Å². The van der Waals surface area contributed by atoms with E-state index in [2.05, 4.69) is 15.2 Å². The lowest BCUT2D eigenvalue weighted by Crippen LogP contribution is -2.44. The maximum Gasteiger partial charge on any atom is 0.332 e. The van der Waals surface area contributed by atoms with E-state index in [0.717, 1.165) is 41.9 Å². The van der Waals surface area contributed by atoms with Crippen molar-refractivity contribution >= 4 is 16.6 Å². The number of hydrogen-bond acceptors (Lipinski definition) is 5. The molecule has 37 heavy (non-hydrogen) atoms. The van der Waals surface area contributed by atoms with Crippen LogP contribution >= 0.6 is 0 Å². The maximum atomic E-state index is 14.0. The van der Waals surface area contributed by atoms with E-state index in [1.165, 1.54) is 16.8 Å². The SMILES string of the molecule is O=c1[nH]cccc1Cn1c(=O)c2ccc(N3C[C@@H]4C[C@H]3CN4)cc2n(Cc2cc(F)c(F)c(F)c2)c1=O. The van der Waals surface area contributed by atoms with E-state index >= 15 is 0 Å². The Bertz CT molecular complexity index is 1700. The molecule has 2 N–H and O–H groups in total. The lowest BCUT2D eigenvalue weighted by molar-refractivity contribution is 0.444. The predicted octanol–water partition coefficient (Wildman–Crippen LogP) is 1.92. The molecule has 0 aliphatic carbocycles. The largest absolute Gasteiger partial charge is 0.366 e. The molecule has 4 heterocycles. The first-order valence-corrected chi connectivity index (χ1v) is 11.9. The van der Waals surface area contributed by atoms with Gasteiger partial charge in [-0.05, 0) is 48.4 Å². The van der Waals surface area contributed by atoms with Crippen LogP contribution in [0.5, 0.6) is 0 Å². The summed E-state index contributed by atoms with van der Waals surface area (Å²) in [5.41, 5.74) is -0.480. The number of nitrogens with zero attached hydrogens (tertiary/aromatic N) is 3. The average molecular weight is 509 g/mol. The fraction of sp³-hybridized carbons (Fsp3) is 0.269. The van der Waals surface area contributed by atoms with Gasteiger partial charge in [0.25, 0.3) is 11.1 Å². The zero-order valence-electron chi connectivity index (χ0n) is 19.5. The molecule has 0 unspecified atom stereocenters. The number of halogens is 3. The molecule has 2 aromatic carbocycles. The van der Waals surface area contributed by atoms with Gasteiger partial charge in [0.2, 0.25) is 0 Å². The molecule has 8 nitrogen and oxygen atoms in total. The molecule has 2 aromatic heterocycles. The van der Waals surface area contributed by atoms with Crippen LogP contribution in [0.3, 0.4) is 0 Å². The van der Waals surface area contributed by atoms with Gasteiger partial charge >= 0.3 is 5.69 Å². The Kier molecular flexibility index (Phi) is 5.52. The van der Waals surface area contributed by atoms with Crippen molar-refractivity contribution in [2.75, 3.05) is 18.0 Å². The van der Waals surface area contributed by atoms with E-state index < -0.39 is 34.3 Å². The van der Waals surface area contributed by atoms with Gasteiger partial charge in [0.1, 0.15) is 0 Å². The summed E-state index contributed by atoms with van der Waals surface area (Å²) in [5, 5.41) is 3.64. The predicted molar refractivity (Wildman–Crippen MR) is 132 cm³/mol. The average Bonchev–Trinajstić information content (AvgIpc) is 3.52. The minimum Gasteiger partial charge on any atom is -0.366 e. The zero-order chi connectivity index (χ0) is 25.8. The number of rotatable bonds is 5. The summed E-state index contributed by atoms with van der Waals surface area (Å²) in [6.45, 7) is 1.00. The molecule has 2 saturated heterocycles. The van der Waals surface area contributed by atoms with Crippen LogP contribution in [0.25, 0.3) is 10.9 Å². The number of nitrogens with one attached hydrogen (secondary N) is 2. The fourth-order valence-electron chi connectivity index (χ4n) is 5.39. The number of aromatic nitrogens is 3. The first kappa shape index (κ1) is 23.3. The Morgan fingerprint density at radius 3 is 2.41 bits per heavy atom. The second-order valence-corrected chi connectivity index (χ2v) is 9.51. The van der Waals surface area contributed by atoms with E-state index in [-0.39, 0.29) is 41.2 Å². The van der Waals surface area contributed by atoms with Crippen LogP contribution in [0.4, 0.5) is 18.9 Å². The topological polar surface area (TPSA) is 92.1 Å². The second-order valence-electron chi connectivity index (χ2n) is 9.51. The summed E-state index contributed by atoms with van der Waals surface area (Å²) in [5.74, 6) is -4.36. The van der Waals surface area contributed by atoms with Gasteiger partial charge in [-0.3, -0.25) is 18.7 Å². The summed E-state index contributed by atoms with van der Waals surface area (Å²) >= 11 is 0. The minimum absolute atomic E-state index is 0.0115. The van der Waals surface area contributed by atoms with Crippen LogP contribution in [0.2, 0.25) is 0 Å². The van der Waals surface area contributed by atoms with Crippen molar-refractivity contribution in [1.82, 2.24) is 19.4 Å². The lowest BCUT2D eigenvalue weighted by Gasteiger charge is -2.30. The van der Waals surface area contributed by atoms with Gasteiger partial charge in [-0.15, -0.1) is 0 Å². The highest BCUT2D eigenvalue weighted by Gasteiger charge is 2.37. The van der Waals surface area contributed by atoms with E-state index in [0.29, 0.717) is 6.04 Å². The zero-order valence-corrected chi connectivity index (χ0v) is 19.5. The molecule has 0 radical (unpaired) electrons. The van der Waals surface area contributed by atoms with Gasteiger partial charge in [-0.25, -0.2) is 18.0 Å². The van der Waals surface area contributed by atoms with Crippen molar-refractivity contribution in [3.8, 4) is 0 Å². The minimum atomic E-state index is -1.60. The molecule has 2 aliphatic heterocycles. The summed E-state index contributed by atoms with van der Waals surface area (Å²) < 4.78 is 43.7. The van der Waals surface area contributed by atoms with Crippen molar-refractivity contribution in [2.24, 2.45) is 0 Å². The van der Waals surface area contributed by atoms with Crippen molar-refractivity contribution < 1.29 is 13.2 Å². The summed E-state index contributed by atoms with van der Waals surface area (Å²) in [6, 6.07) is 10.6. The van der Waals surface area contributed by atoms with Crippen LogP contribution in [0.15, 0.2) is 63.0 Å². The molecule has 2 bridgehead atoms. The quantitative estimate of drug-likeness (QED) is 0.401. The molecule has 2 aliphatic rings. The molecule has 0 saturated carbocycles. The number of piperazine rings is 1. The van der Waals surface area contributed by atoms with E-state index in [4.69, 9.17) is 0 Å². The van der Waals surface area contributed by atoms with Gasteiger partial charge in [0.15, 0.2) is 17.5 Å². The van der Waals surface area contributed by atoms with Crippen molar-refractivity contribution in [3.63, 3.8) is 0 Å². The number of benzene rings is 2. The summed E-state index contributed by atoms with van der Waals surface area (Å²) in [7, 11) is 0. The summed E-state index contributed by atoms with van der Waals surface area (Å²) in [4.78, 5) is 44.0. The van der Waals surface area contributed by atoms with Crippen molar-refractivity contribution in [3.05, 3.63) is 108 Å². The van der Waals surface area contributed by atoms with Crippen LogP contribution in [0, 0.1) is 17.5 Å². The van der Waals surface area contributed by atoms with Crippen molar-refractivity contribution in [2.45, 2.75) is 31.6 Å². The number of H-pyrrole nitrogens is 1. The van der Waals surface area contributed by atoms with Crippen LogP contribution in [-0.2, 0) is 13.1 Å². The molecule has 11 heteroatoms. The highest BCUT2D eigenvalue weighted by Crippen LogP contribution is 2.31. The first-order chi connectivity index (χ1) is 17.8. The van der Waals surface area contributed by atoms with Crippen LogP contribution < -0.4 is 27.0 Å². The molecule has 0 spiro atoms. The van der Waals surface area contributed by atoms with Gasteiger partial charge < -0.3 is 15.2 Å². The molecule has 190 valence electrons. The fourth-order valence-corrected chi connectivity index (χ4v) is 5.39. The van der Waals surface area contributed by atoms with Crippen molar-refractivity contribution in [1.29, 1.82) is 0 Å². The highest BCUT2D eigenvalue weighted by atomic mass is 19.2. The van der Waals surface area contributed by atoms with Gasteiger partial charge in [-0.1, -0.05) is 6.07 Å². The Morgan fingerprint density at radius 2 is 1.73 bits per heavy atom. The highest BCUT2D eigenvalue weighted by molar-refractivity contribution is 5.82. The lowest BCUT2D eigenvalue weighted by atomic mass is 10.1. The number of pyridine rings is 1. The molecule has 6 rings (SSSR count). The molecule has 0 amide bonds. The number of anilines is 1. The number of hydrogen-bond donors (Lipinski definition) is 2. The molecule has 4 aromatic rings. The molecular weight excluding hydrogens is 487 g/mol. The summed E-state index contributed by atoms with van der Waals surface area (Å²) in [6.07, 6.45) is 2.43. The monoisotopic (exact) mass is 509 g/mol. The smallest absolute Gasteiger partial charge is 0.332 e. The Balaban J connectivity index is 1.54. The Morgan fingerprint density at radius 1 is 0.946 bits per heavy atom. The Hall–Kier alpha value is -4.12. The van der Waals surface area contributed by atoms with E-state index in [1.54, 1.807) is 18.2 Å². The maximum absolute atomic E-state index is 14.0. The van der Waals surface area contributed by atoms with Gasteiger partial charge in [-0.2, -0.15) is 0 Å². The number of aromatic amines is 1.